The topological polar surface area (TPSA) is 43.1 Å². The third kappa shape index (κ3) is 2.21. The first-order chi connectivity index (χ1) is 4.59. The Balaban J connectivity index is 4.36. The van der Waals surface area contributed by atoms with Crippen molar-refractivity contribution >= 4 is 0 Å². The van der Waals surface area contributed by atoms with Crippen LogP contribution in [-0.4, -0.2) is 4.92 Å². The molecule has 0 aromatic heterocycles. The molecule has 3 nitrogen and oxygen atoms in total. The van der Waals surface area contributed by atoms with Crippen molar-refractivity contribution in [2.24, 2.45) is 0 Å². The zero-order valence-electron chi connectivity index (χ0n) is 5.21. The van der Waals surface area contributed by atoms with E-state index in [2.05, 4.69) is 13.2 Å². The summed E-state index contributed by atoms with van der Waals surface area (Å²) in [5.41, 5.74) is -0.750. The molecule has 0 aliphatic carbocycles. The predicted molar refractivity (Wildman–Crippen MR) is 35.5 cm³/mol. The second kappa shape index (κ2) is 3.55. The number of nitro groups is 1. The van der Waals surface area contributed by atoms with E-state index in [1.165, 1.54) is 0 Å². The summed E-state index contributed by atoms with van der Waals surface area (Å²) < 4.78 is 12.3. The highest BCUT2D eigenvalue weighted by atomic mass is 19.1. The van der Waals surface area contributed by atoms with Crippen molar-refractivity contribution in [3.8, 4) is 0 Å². The molecule has 0 saturated carbocycles. The van der Waals surface area contributed by atoms with Crippen LogP contribution in [0.1, 0.15) is 0 Å². The quantitative estimate of drug-likeness (QED) is 0.343. The molecule has 0 unspecified atom stereocenters. The average molecular weight is 143 g/mol. The van der Waals surface area contributed by atoms with E-state index in [1.807, 2.05) is 0 Å². The van der Waals surface area contributed by atoms with Gasteiger partial charge in [-0.1, -0.05) is 12.7 Å². The first-order valence-electron chi connectivity index (χ1n) is 2.41. The molecule has 10 heavy (non-hydrogen) atoms. The predicted octanol–water partition coefficient (Wildman–Crippen LogP) is 1.82. The summed E-state index contributed by atoms with van der Waals surface area (Å²) in [6, 6.07) is 0. The van der Waals surface area contributed by atoms with Crippen molar-refractivity contribution in [1.29, 1.82) is 0 Å². The van der Waals surface area contributed by atoms with E-state index in [1.54, 1.807) is 0 Å². The van der Waals surface area contributed by atoms with Crippen molar-refractivity contribution < 1.29 is 9.31 Å². The maximum atomic E-state index is 12.3. The second-order valence-electron chi connectivity index (χ2n) is 1.45. The molecule has 0 aliphatic rings. The van der Waals surface area contributed by atoms with Crippen LogP contribution in [0.25, 0.3) is 0 Å². The number of halogens is 1. The molecule has 0 spiro atoms. The SMILES string of the molecule is C=C/C=C(/F)C(=C)[N+](=O)[O-]. The van der Waals surface area contributed by atoms with E-state index < -0.39 is 16.4 Å². The van der Waals surface area contributed by atoms with Crippen molar-refractivity contribution in [2.75, 3.05) is 0 Å². The van der Waals surface area contributed by atoms with Gasteiger partial charge in [-0.05, 0) is 12.7 Å². The van der Waals surface area contributed by atoms with Gasteiger partial charge >= 0.3 is 0 Å². The minimum absolute atomic E-state index is 0.750. The Kier molecular flexibility index (Phi) is 3.04. The first kappa shape index (κ1) is 8.55. The van der Waals surface area contributed by atoms with Crippen molar-refractivity contribution in [2.45, 2.75) is 0 Å². The van der Waals surface area contributed by atoms with E-state index in [0.29, 0.717) is 0 Å². The van der Waals surface area contributed by atoms with Gasteiger partial charge in [0.1, 0.15) is 0 Å². The third-order valence-corrected chi connectivity index (χ3v) is 0.760. The van der Waals surface area contributed by atoms with Gasteiger partial charge in [0, 0.05) is 0 Å². The molecular weight excluding hydrogens is 137 g/mol. The highest BCUT2D eigenvalue weighted by Crippen LogP contribution is 2.08. The lowest BCUT2D eigenvalue weighted by molar-refractivity contribution is -0.422. The standard InChI is InChI=1S/C6H6FNO2/c1-3-4-6(7)5(2)8(9)10/h3-4H,1-2H2/b6-4+. The van der Waals surface area contributed by atoms with E-state index in [4.69, 9.17) is 0 Å². The summed E-state index contributed by atoms with van der Waals surface area (Å²) in [4.78, 5) is 8.91. The third-order valence-electron chi connectivity index (χ3n) is 0.760. The lowest BCUT2D eigenvalue weighted by Crippen LogP contribution is -1.96. The number of hydrogen-bond acceptors (Lipinski definition) is 2. The molecule has 0 rings (SSSR count). The van der Waals surface area contributed by atoms with Crippen LogP contribution in [0.15, 0.2) is 36.8 Å². The van der Waals surface area contributed by atoms with Gasteiger partial charge in [-0.15, -0.1) is 0 Å². The monoisotopic (exact) mass is 143 g/mol. The summed E-state index contributed by atoms with van der Waals surface area (Å²) in [5, 5.41) is 9.81. The fraction of sp³-hybridized carbons (Fsp3) is 0. The molecule has 0 radical (unpaired) electrons. The van der Waals surface area contributed by atoms with Crippen LogP contribution < -0.4 is 0 Å². The smallest absolute Gasteiger partial charge is 0.258 e. The second-order valence-corrected chi connectivity index (χ2v) is 1.45. The molecule has 0 aliphatic heterocycles. The van der Waals surface area contributed by atoms with Gasteiger partial charge in [0.2, 0.25) is 0 Å². The molecular formula is C6H6FNO2. The van der Waals surface area contributed by atoms with E-state index in [9.17, 15) is 14.5 Å². The van der Waals surface area contributed by atoms with Gasteiger partial charge in [0.15, 0.2) is 5.83 Å². The molecule has 0 atom stereocenters. The highest BCUT2D eigenvalue weighted by Gasteiger charge is 2.11. The van der Waals surface area contributed by atoms with Gasteiger partial charge in [0.25, 0.3) is 5.70 Å². The van der Waals surface area contributed by atoms with Crippen molar-refractivity contribution in [1.82, 2.24) is 0 Å². The summed E-state index contributed by atoms with van der Waals surface area (Å²) >= 11 is 0. The molecule has 0 aromatic carbocycles. The minimum atomic E-state index is -0.972. The van der Waals surface area contributed by atoms with Gasteiger partial charge in [-0.2, -0.15) is 4.39 Å². The zero-order valence-corrected chi connectivity index (χ0v) is 5.21. The Hall–Kier alpha value is -1.45. The average Bonchev–Trinajstić information content (AvgIpc) is 1.87. The molecule has 0 aromatic rings. The number of rotatable bonds is 3. The van der Waals surface area contributed by atoms with Crippen molar-refractivity contribution in [3.05, 3.63) is 46.9 Å². The van der Waals surface area contributed by atoms with Crippen molar-refractivity contribution in [3.63, 3.8) is 0 Å². The number of allylic oxidation sites excluding steroid dienone is 3. The fourth-order valence-electron chi connectivity index (χ4n) is 0.287. The maximum Gasteiger partial charge on any atom is 0.297 e. The minimum Gasteiger partial charge on any atom is -0.258 e. The van der Waals surface area contributed by atoms with Crippen LogP contribution in [-0.2, 0) is 0 Å². The maximum absolute atomic E-state index is 12.3. The zero-order chi connectivity index (χ0) is 8.15. The van der Waals surface area contributed by atoms with E-state index in [-0.39, 0.29) is 0 Å². The molecule has 54 valence electrons. The summed E-state index contributed by atoms with van der Waals surface area (Å²) in [6.45, 7) is 6.04. The Morgan fingerprint density at radius 1 is 1.70 bits per heavy atom. The molecule has 0 fully saturated rings. The van der Waals surface area contributed by atoms with Crippen LogP contribution in [0.4, 0.5) is 4.39 Å². The molecule has 0 bridgehead atoms. The Morgan fingerprint density at radius 3 is 2.50 bits per heavy atom. The summed E-state index contributed by atoms with van der Waals surface area (Å²) in [5.74, 6) is -0.972. The van der Waals surface area contributed by atoms with E-state index in [0.717, 1.165) is 12.2 Å². The molecule has 0 heterocycles. The normalized spacial score (nSPS) is 10.7. The van der Waals surface area contributed by atoms with Crippen LogP contribution >= 0.6 is 0 Å². The summed E-state index contributed by atoms with van der Waals surface area (Å²) in [7, 11) is 0. The lowest BCUT2D eigenvalue weighted by atomic mass is 10.4. The molecule has 0 N–H and O–H groups in total. The van der Waals surface area contributed by atoms with Crippen LogP contribution in [0.3, 0.4) is 0 Å². The van der Waals surface area contributed by atoms with Crippen LogP contribution in [0, 0.1) is 10.1 Å². The van der Waals surface area contributed by atoms with Gasteiger partial charge < -0.3 is 0 Å². The molecule has 4 heteroatoms. The highest BCUT2D eigenvalue weighted by molar-refractivity contribution is 5.18. The largest absolute Gasteiger partial charge is 0.297 e. The summed E-state index contributed by atoms with van der Waals surface area (Å²) in [6.07, 6.45) is 2.00. The van der Waals surface area contributed by atoms with Crippen LogP contribution in [0.2, 0.25) is 0 Å². The lowest BCUT2D eigenvalue weighted by Gasteiger charge is -1.88. The number of hydrogen-bond donors (Lipinski definition) is 0. The first-order valence-corrected chi connectivity index (χ1v) is 2.41. The van der Waals surface area contributed by atoms with Crippen LogP contribution in [0.5, 0.6) is 0 Å². The Labute approximate surface area is 57.3 Å². The van der Waals surface area contributed by atoms with Gasteiger partial charge in [-0.3, -0.25) is 10.1 Å². The Bertz CT molecular complexity index is 208. The van der Waals surface area contributed by atoms with Gasteiger partial charge in [0.05, 0.1) is 4.92 Å². The fourth-order valence-corrected chi connectivity index (χ4v) is 0.287. The Morgan fingerprint density at radius 2 is 2.20 bits per heavy atom. The van der Waals surface area contributed by atoms with Gasteiger partial charge in [-0.25, -0.2) is 0 Å². The molecule has 0 amide bonds. The molecule has 0 saturated heterocycles. The number of nitrogens with zero attached hydrogens (tertiary/aromatic N) is 1. The van der Waals surface area contributed by atoms with E-state index >= 15 is 0 Å².